The van der Waals surface area contributed by atoms with Gasteiger partial charge >= 0.3 is 0 Å². The Labute approximate surface area is 86.7 Å². The lowest BCUT2D eigenvalue weighted by atomic mass is 10.3. The van der Waals surface area contributed by atoms with Crippen molar-refractivity contribution in [1.29, 1.82) is 5.26 Å². The normalized spacial score (nSPS) is 10.1. The third kappa shape index (κ3) is 2.45. The molecule has 0 saturated heterocycles. The van der Waals surface area contributed by atoms with Crippen molar-refractivity contribution < 1.29 is 4.42 Å². The second kappa shape index (κ2) is 4.44. The van der Waals surface area contributed by atoms with Gasteiger partial charge in [-0.2, -0.15) is 10.4 Å². The van der Waals surface area contributed by atoms with Crippen LogP contribution in [0.15, 0.2) is 28.9 Å². The zero-order valence-electron chi connectivity index (χ0n) is 8.03. The number of rotatable bonds is 4. The Hall–Kier alpha value is -2.06. The Bertz CT molecular complexity index is 452. The molecule has 2 rings (SSSR count). The highest BCUT2D eigenvalue weighted by Crippen LogP contribution is 2.06. The number of nitrogens with one attached hydrogen (secondary N) is 2. The highest BCUT2D eigenvalue weighted by Gasteiger charge is 2.00. The molecule has 0 unspecified atom stereocenters. The molecular weight excluding hydrogens is 192 g/mol. The average molecular weight is 202 g/mol. The summed E-state index contributed by atoms with van der Waals surface area (Å²) in [6.07, 6.45) is 3.59. The van der Waals surface area contributed by atoms with Crippen LogP contribution in [0, 0.1) is 11.3 Å². The van der Waals surface area contributed by atoms with Crippen LogP contribution in [0.4, 0.5) is 0 Å². The molecule has 2 aromatic heterocycles. The fourth-order valence-electron chi connectivity index (χ4n) is 1.24. The lowest BCUT2D eigenvalue weighted by molar-refractivity contribution is 0.474. The van der Waals surface area contributed by atoms with E-state index >= 15 is 0 Å². The number of hydrogen-bond donors (Lipinski definition) is 2. The van der Waals surface area contributed by atoms with E-state index in [4.69, 9.17) is 9.68 Å². The van der Waals surface area contributed by atoms with Crippen LogP contribution in [-0.2, 0) is 13.1 Å². The predicted octanol–water partition coefficient (Wildman–Crippen LogP) is 1.16. The summed E-state index contributed by atoms with van der Waals surface area (Å²) in [6.45, 7) is 1.33. The van der Waals surface area contributed by atoms with Crippen molar-refractivity contribution in [2.75, 3.05) is 0 Å². The third-order valence-electron chi connectivity index (χ3n) is 1.96. The minimum Gasteiger partial charge on any atom is -0.449 e. The van der Waals surface area contributed by atoms with Crippen LogP contribution in [-0.4, -0.2) is 10.2 Å². The maximum Gasteiger partial charge on any atom is 0.203 e. The first-order valence-electron chi connectivity index (χ1n) is 4.55. The van der Waals surface area contributed by atoms with E-state index in [1.54, 1.807) is 18.3 Å². The Morgan fingerprint density at radius 3 is 3.07 bits per heavy atom. The number of furan rings is 1. The summed E-state index contributed by atoms with van der Waals surface area (Å²) in [5.74, 6) is 1.10. The second-order valence-corrected chi connectivity index (χ2v) is 3.09. The number of H-pyrrole nitrogens is 1. The molecule has 0 amide bonds. The van der Waals surface area contributed by atoms with Gasteiger partial charge in [0.1, 0.15) is 11.8 Å². The van der Waals surface area contributed by atoms with Crippen molar-refractivity contribution >= 4 is 0 Å². The molecule has 2 aromatic rings. The minimum absolute atomic E-state index is 0.343. The molecular formula is C10H10N4O. The van der Waals surface area contributed by atoms with E-state index in [0.717, 1.165) is 17.9 Å². The largest absolute Gasteiger partial charge is 0.449 e. The van der Waals surface area contributed by atoms with Gasteiger partial charge in [0.2, 0.25) is 5.76 Å². The first-order chi connectivity index (χ1) is 7.38. The second-order valence-electron chi connectivity index (χ2n) is 3.09. The Kier molecular flexibility index (Phi) is 2.81. The standard InChI is InChI=1S/C10H10N4O/c11-3-9-1-2-10(15-9)7-12-4-8-5-13-14-6-8/h1-2,5-6,12H,4,7H2,(H,13,14). The molecule has 2 heterocycles. The molecule has 0 fully saturated rings. The van der Waals surface area contributed by atoms with Crippen molar-refractivity contribution in [2.45, 2.75) is 13.1 Å². The number of aromatic amines is 1. The summed E-state index contributed by atoms with van der Waals surface area (Å²) >= 11 is 0. The maximum absolute atomic E-state index is 8.55. The van der Waals surface area contributed by atoms with Crippen LogP contribution in [0.3, 0.4) is 0 Å². The molecule has 0 aliphatic heterocycles. The van der Waals surface area contributed by atoms with Gasteiger partial charge in [-0.05, 0) is 12.1 Å². The molecule has 0 aromatic carbocycles. The first-order valence-corrected chi connectivity index (χ1v) is 4.55. The third-order valence-corrected chi connectivity index (χ3v) is 1.96. The topological polar surface area (TPSA) is 77.6 Å². The number of nitriles is 1. The lowest BCUT2D eigenvalue weighted by Gasteiger charge is -1.98. The van der Waals surface area contributed by atoms with Crippen LogP contribution in [0.25, 0.3) is 0 Å². The molecule has 5 nitrogen and oxygen atoms in total. The molecule has 0 bridgehead atoms. The molecule has 5 heteroatoms. The minimum atomic E-state index is 0.343. The van der Waals surface area contributed by atoms with Crippen LogP contribution >= 0.6 is 0 Å². The van der Waals surface area contributed by atoms with Gasteiger partial charge in [0.15, 0.2) is 0 Å². The van der Waals surface area contributed by atoms with Gasteiger partial charge in [-0.15, -0.1) is 0 Å². The summed E-state index contributed by atoms with van der Waals surface area (Å²) in [6, 6.07) is 5.40. The fourth-order valence-corrected chi connectivity index (χ4v) is 1.24. The molecule has 0 atom stereocenters. The molecule has 2 N–H and O–H groups in total. The van der Waals surface area contributed by atoms with Crippen LogP contribution in [0.1, 0.15) is 17.1 Å². The maximum atomic E-state index is 8.55. The van der Waals surface area contributed by atoms with Gasteiger partial charge in [-0.1, -0.05) is 0 Å². The van der Waals surface area contributed by atoms with Gasteiger partial charge in [-0.25, -0.2) is 0 Å². The van der Waals surface area contributed by atoms with Crippen LogP contribution in [0.2, 0.25) is 0 Å². The smallest absolute Gasteiger partial charge is 0.203 e. The van der Waals surface area contributed by atoms with Gasteiger partial charge in [0.05, 0.1) is 12.7 Å². The number of aromatic nitrogens is 2. The molecule has 76 valence electrons. The average Bonchev–Trinajstić information content (AvgIpc) is 2.88. The quantitative estimate of drug-likeness (QED) is 0.780. The van der Waals surface area contributed by atoms with Gasteiger partial charge in [-0.3, -0.25) is 5.10 Å². The first kappa shape index (κ1) is 9.49. The molecule has 0 aliphatic carbocycles. The Morgan fingerprint density at radius 2 is 2.40 bits per heavy atom. The monoisotopic (exact) mass is 202 g/mol. The highest BCUT2D eigenvalue weighted by molar-refractivity contribution is 5.19. The number of hydrogen-bond acceptors (Lipinski definition) is 4. The predicted molar refractivity (Wildman–Crippen MR) is 52.6 cm³/mol. The summed E-state index contributed by atoms with van der Waals surface area (Å²) in [7, 11) is 0. The van der Waals surface area contributed by atoms with Crippen LogP contribution < -0.4 is 5.32 Å². The summed E-state index contributed by atoms with van der Waals surface area (Å²) in [4.78, 5) is 0. The van der Waals surface area contributed by atoms with Crippen molar-refractivity contribution in [3.63, 3.8) is 0 Å². The van der Waals surface area contributed by atoms with Crippen molar-refractivity contribution in [3.05, 3.63) is 41.6 Å². The Morgan fingerprint density at radius 1 is 1.47 bits per heavy atom. The van der Waals surface area contributed by atoms with E-state index in [0.29, 0.717) is 12.3 Å². The van der Waals surface area contributed by atoms with Gasteiger partial charge < -0.3 is 9.73 Å². The van der Waals surface area contributed by atoms with Crippen molar-refractivity contribution in [3.8, 4) is 6.07 Å². The fraction of sp³-hybridized carbons (Fsp3) is 0.200. The molecule has 0 saturated carbocycles. The zero-order valence-corrected chi connectivity index (χ0v) is 8.03. The number of nitrogens with zero attached hydrogens (tertiary/aromatic N) is 2. The summed E-state index contributed by atoms with van der Waals surface area (Å²) < 4.78 is 5.21. The SMILES string of the molecule is N#Cc1ccc(CNCc2cn[nH]c2)o1. The molecule has 0 radical (unpaired) electrons. The lowest BCUT2D eigenvalue weighted by Crippen LogP contribution is -2.11. The Balaban J connectivity index is 1.81. The highest BCUT2D eigenvalue weighted by atomic mass is 16.3. The van der Waals surface area contributed by atoms with Crippen molar-refractivity contribution in [1.82, 2.24) is 15.5 Å². The van der Waals surface area contributed by atoms with E-state index in [2.05, 4.69) is 15.5 Å². The van der Waals surface area contributed by atoms with Crippen LogP contribution in [0.5, 0.6) is 0 Å². The van der Waals surface area contributed by atoms with E-state index in [1.165, 1.54) is 0 Å². The summed E-state index contributed by atoms with van der Waals surface area (Å²) in [5.41, 5.74) is 1.09. The van der Waals surface area contributed by atoms with E-state index in [9.17, 15) is 0 Å². The molecule has 0 spiro atoms. The molecule has 0 aliphatic rings. The summed E-state index contributed by atoms with van der Waals surface area (Å²) in [5, 5.41) is 18.3. The van der Waals surface area contributed by atoms with Gasteiger partial charge in [0.25, 0.3) is 0 Å². The molecule has 15 heavy (non-hydrogen) atoms. The zero-order chi connectivity index (χ0) is 10.5. The van der Waals surface area contributed by atoms with Crippen molar-refractivity contribution in [2.24, 2.45) is 0 Å². The van der Waals surface area contributed by atoms with E-state index in [-0.39, 0.29) is 0 Å². The van der Waals surface area contributed by atoms with E-state index in [1.807, 2.05) is 12.3 Å². The van der Waals surface area contributed by atoms with Gasteiger partial charge in [0, 0.05) is 18.3 Å². The van der Waals surface area contributed by atoms with E-state index < -0.39 is 0 Å².